The highest BCUT2D eigenvalue weighted by Gasteiger charge is 2.18. The number of hydrogen-bond donors (Lipinski definition) is 1. The molecule has 0 saturated heterocycles. The van der Waals surface area contributed by atoms with Crippen LogP contribution in [0.4, 0.5) is 5.69 Å². The molecule has 0 spiro atoms. The van der Waals surface area contributed by atoms with Crippen molar-refractivity contribution in [2.75, 3.05) is 4.72 Å². The standard InChI is InChI=1S/C19H21N5O2S/c25-27(26,19-11-9-16(10-12-19)15-5-2-1-3-6-15)21-17-7-4-8-18(13-17)24-14-20-22-23-24/h4,7-15,21H,1-3,5-6H2. The van der Waals surface area contributed by atoms with E-state index in [0.29, 0.717) is 17.3 Å². The Labute approximate surface area is 158 Å². The normalized spacial score (nSPS) is 15.6. The molecule has 27 heavy (non-hydrogen) atoms. The fourth-order valence-electron chi connectivity index (χ4n) is 3.56. The fourth-order valence-corrected chi connectivity index (χ4v) is 4.61. The van der Waals surface area contributed by atoms with Crippen LogP contribution in [0.5, 0.6) is 0 Å². The minimum absolute atomic E-state index is 0.259. The maximum absolute atomic E-state index is 12.7. The average Bonchev–Trinajstić information content (AvgIpc) is 3.24. The zero-order valence-corrected chi connectivity index (χ0v) is 15.6. The van der Waals surface area contributed by atoms with Crippen LogP contribution in [0.3, 0.4) is 0 Å². The third kappa shape index (κ3) is 4.00. The van der Waals surface area contributed by atoms with Gasteiger partial charge in [-0.1, -0.05) is 37.5 Å². The summed E-state index contributed by atoms with van der Waals surface area (Å²) in [5.41, 5.74) is 2.36. The molecule has 1 fully saturated rings. The molecule has 3 aromatic rings. The third-order valence-corrected chi connectivity index (χ3v) is 6.38. The van der Waals surface area contributed by atoms with Crippen molar-refractivity contribution in [2.45, 2.75) is 42.9 Å². The van der Waals surface area contributed by atoms with E-state index in [9.17, 15) is 8.42 Å². The summed E-state index contributed by atoms with van der Waals surface area (Å²) in [6, 6.07) is 14.2. The van der Waals surface area contributed by atoms with Crippen LogP contribution in [0.25, 0.3) is 5.69 Å². The van der Waals surface area contributed by atoms with Gasteiger partial charge in [0, 0.05) is 0 Å². The number of aromatic nitrogens is 4. The lowest BCUT2D eigenvalue weighted by molar-refractivity contribution is 0.443. The summed E-state index contributed by atoms with van der Waals surface area (Å²) in [6.45, 7) is 0. The number of tetrazole rings is 1. The molecule has 1 heterocycles. The highest BCUT2D eigenvalue weighted by Crippen LogP contribution is 2.33. The van der Waals surface area contributed by atoms with Gasteiger partial charge in [0.1, 0.15) is 6.33 Å². The number of anilines is 1. The minimum atomic E-state index is -3.66. The summed E-state index contributed by atoms with van der Waals surface area (Å²) in [6.07, 6.45) is 7.64. The van der Waals surface area contributed by atoms with E-state index >= 15 is 0 Å². The topological polar surface area (TPSA) is 89.8 Å². The quantitative estimate of drug-likeness (QED) is 0.728. The monoisotopic (exact) mass is 383 g/mol. The molecule has 4 rings (SSSR count). The molecule has 7 nitrogen and oxygen atoms in total. The number of nitrogens with zero attached hydrogens (tertiary/aromatic N) is 4. The van der Waals surface area contributed by atoms with E-state index in [1.165, 1.54) is 48.7 Å². The number of hydrogen-bond acceptors (Lipinski definition) is 5. The molecule has 8 heteroatoms. The first-order valence-corrected chi connectivity index (χ1v) is 10.6. The van der Waals surface area contributed by atoms with E-state index in [-0.39, 0.29) is 4.90 Å². The second kappa shape index (κ2) is 7.48. The zero-order valence-electron chi connectivity index (χ0n) is 14.8. The lowest BCUT2D eigenvalue weighted by atomic mass is 9.84. The van der Waals surface area contributed by atoms with Crippen molar-refractivity contribution in [3.05, 3.63) is 60.4 Å². The van der Waals surface area contributed by atoms with E-state index in [2.05, 4.69) is 20.2 Å². The predicted octanol–water partition coefficient (Wildman–Crippen LogP) is 3.51. The Morgan fingerprint density at radius 1 is 1.00 bits per heavy atom. The van der Waals surface area contributed by atoms with Crippen molar-refractivity contribution in [2.24, 2.45) is 0 Å². The summed E-state index contributed by atoms with van der Waals surface area (Å²) in [7, 11) is -3.66. The lowest BCUT2D eigenvalue weighted by Crippen LogP contribution is -2.13. The zero-order chi connectivity index (χ0) is 18.7. The van der Waals surface area contributed by atoms with Crippen LogP contribution in [0.1, 0.15) is 43.6 Å². The van der Waals surface area contributed by atoms with Gasteiger partial charge in [0.15, 0.2) is 0 Å². The van der Waals surface area contributed by atoms with Gasteiger partial charge in [0.25, 0.3) is 10.0 Å². The maximum Gasteiger partial charge on any atom is 0.261 e. The molecule has 2 aromatic carbocycles. The number of nitrogens with one attached hydrogen (secondary N) is 1. The van der Waals surface area contributed by atoms with Crippen molar-refractivity contribution in [1.82, 2.24) is 20.2 Å². The Morgan fingerprint density at radius 2 is 1.78 bits per heavy atom. The molecule has 1 aliphatic rings. The minimum Gasteiger partial charge on any atom is -0.280 e. The van der Waals surface area contributed by atoms with Crippen molar-refractivity contribution in [3.63, 3.8) is 0 Å². The number of rotatable bonds is 5. The van der Waals surface area contributed by atoms with E-state index in [1.54, 1.807) is 36.4 Å². The Morgan fingerprint density at radius 3 is 2.48 bits per heavy atom. The van der Waals surface area contributed by atoms with Crippen molar-refractivity contribution in [1.29, 1.82) is 0 Å². The Bertz CT molecular complexity index is 995. The first kappa shape index (κ1) is 17.7. The predicted molar refractivity (Wildman–Crippen MR) is 102 cm³/mol. The molecule has 0 aliphatic heterocycles. The number of sulfonamides is 1. The molecule has 1 saturated carbocycles. The molecular weight excluding hydrogens is 362 g/mol. The van der Waals surface area contributed by atoms with Crippen LogP contribution < -0.4 is 4.72 Å². The molecule has 0 bridgehead atoms. The Balaban J connectivity index is 1.52. The Hall–Kier alpha value is -2.74. The largest absolute Gasteiger partial charge is 0.280 e. The van der Waals surface area contributed by atoms with Crippen LogP contribution in [-0.2, 0) is 10.0 Å². The van der Waals surface area contributed by atoms with Gasteiger partial charge in [-0.05, 0) is 65.1 Å². The molecule has 0 amide bonds. The van der Waals surface area contributed by atoms with Crippen molar-refractivity contribution < 1.29 is 8.42 Å². The molecule has 0 radical (unpaired) electrons. The molecule has 0 atom stereocenters. The molecule has 1 aromatic heterocycles. The average molecular weight is 383 g/mol. The van der Waals surface area contributed by atoms with Gasteiger partial charge in [0.05, 0.1) is 16.3 Å². The smallest absolute Gasteiger partial charge is 0.261 e. The van der Waals surface area contributed by atoms with Crippen molar-refractivity contribution in [3.8, 4) is 5.69 Å². The van der Waals surface area contributed by atoms with Crippen LogP contribution >= 0.6 is 0 Å². The summed E-state index contributed by atoms with van der Waals surface area (Å²) < 4.78 is 29.6. The van der Waals surface area contributed by atoms with Crippen LogP contribution in [-0.4, -0.2) is 28.6 Å². The molecular formula is C19H21N5O2S. The van der Waals surface area contributed by atoms with Gasteiger partial charge in [0.2, 0.25) is 0 Å². The summed E-state index contributed by atoms with van der Waals surface area (Å²) >= 11 is 0. The van der Waals surface area contributed by atoms with Gasteiger partial charge in [-0.15, -0.1) is 5.10 Å². The summed E-state index contributed by atoms with van der Waals surface area (Å²) in [4.78, 5) is 0.259. The van der Waals surface area contributed by atoms with E-state index in [1.807, 2.05) is 12.1 Å². The highest BCUT2D eigenvalue weighted by atomic mass is 32.2. The van der Waals surface area contributed by atoms with Crippen LogP contribution in [0.15, 0.2) is 59.8 Å². The SMILES string of the molecule is O=S(=O)(Nc1cccc(-n2cnnn2)c1)c1ccc(C2CCCCC2)cc1. The highest BCUT2D eigenvalue weighted by molar-refractivity contribution is 7.92. The maximum atomic E-state index is 12.7. The summed E-state index contributed by atoms with van der Waals surface area (Å²) in [5, 5.41) is 11.0. The van der Waals surface area contributed by atoms with Gasteiger partial charge >= 0.3 is 0 Å². The summed E-state index contributed by atoms with van der Waals surface area (Å²) in [5.74, 6) is 0.552. The first-order valence-electron chi connectivity index (χ1n) is 9.08. The number of benzene rings is 2. The van der Waals surface area contributed by atoms with Crippen molar-refractivity contribution >= 4 is 15.7 Å². The van der Waals surface area contributed by atoms with Crippen LogP contribution in [0.2, 0.25) is 0 Å². The third-order valence-electron chi connectivity index (χ3n) is 4.98. The molecule has 140 valence electrons. The molecule has 1 N–H and O–H groups in total. The van der Waals surface area contributed by atoms with E-state index < -0.39 is 10.0 Å². The van der Waals surface area contributed by atoms with E-state index in [4.69, 9.17) is 0 Å². The van der Waals surface area contributed by atoms with Gasteiger partial charge in [-0.3, -0.25) is 4.72 Å². The lowest BCUT2D eigenvalue weighted by Gasteiger charge is -2.22. The van der Waals surface area contributed by atoms with Gasteiger partial charge < -0.3 is 0 Å². The Kier molecular flexibility index (Phi) is 4.89. The van der Waals surface area contributed by atoms with Crippen LogP contribution in [0, 0.1) is 0 Å². The second-order valence-corrected chi connectivity index (χ2v) is 8.50. The first-order chi connectivity index (χ1) is 13.1. The molecule has 0 unspecified atom stereocenters. The van der Waals surface area contributed by atoms with Gasteiger partial charge in [-0.2, -0.15) is 0 Å². The second-order valence-electron chi connectivity index (χ2n) is 6.81. The fraction of sp³-hybridized carbons (Fsp3) is 0.316. The van der Waals surface area contributed by atoms with E-state index in [0.717, 1.165) is 0 Å². The van der Waals surface area contributed by atoms with Gasteiger partial charge in [-0.25, -0.2) is 13.1 Å². The molecule has 1 aliphatic carbocycles.